The van der Waals surface area contributed by atoms with Gasteiger partial charge in [0.25, 0.3) is 0 Å². The molecule has 7 atom stereocenters. The topological polar surface area (TPSA) is 77.7 Å². The summed E-state index contributed by atoms with van der Waals surface area (Å²) in [6.45, 7) is 15.7. The Hall–Kier alpha value is -1.92. The molecule has 7 heteroatoms. The zero-order chi connectivity index (χ0) is 28.2. The number of nitrogens with zero attached hydrogens (tertiary/aromatic N) is 4. The molecule has 1 aromatic heterocycles. The van der Waals surface area contributed by atoms with Crippen LogP contribution in [0.25, 0.3) is 0 Å². The van der Waals surface area contributed by atoms with Gasteiger partial charge in [0.15, 0.2) is 11.6 Å². The van der Waals surface area contributed by atoms with E-state index in [0.717, 1.165) is 57.2 Å². The number of aromatic nitrogens is 4. The van der Waals surface area contributed by atoms with Crippen LogP contribution in [0, 0.1) is 44.8 Å². The van der Waals surface area contributed by atoms with Crippen LogP contribution in [0.2, 0.25) is 0 Å². The molecule has 0 amide bonds. The Kier molecular flexibility index (Phi) is 5.81. The van der Waals surface area contributed by atoms with Crippen LogP contribution in [0.5, 0.6) is 0 Å². The summed E-state index contributed by atoms with van der Waals surface area (Å²) < 4.78 is 13.1. The van der Waals surface area contributed by atoms with E-state index in [2.05, 4.69) is 64.9 Å². The Labute approximate surface area is 232 Å². The average Bonchev–Trinajstić information content (AvgIpc) is 3.32. The summed E-state index contributed by atoms with van der Waals surface area (Å²) in [7, 11) is 0. The fraction of sp³-hybridized carbons (Fsp3) is 0.844. The van der Waals surface area contributed by atoms with Gasteiger partial charge in [-0.3, -0.25) is 9.59 Å². The SMILES string of the molecule is CC1(C)CC[C@]2(c3nnn(CCF)n3)CC[C@]3(C)[C@H](C(=O)C=C4[C@@]5(C)CCC(=O)C(C)(C)[C@@H]5CC[C@]43C)[C@@H]2C1. The van der Waals surface area contributed by atoms with E-state index < -0.39 is 6.67 Å². The van der Waals surface area contributed by atoms with Gasteiger partial charge in [0.05, 0.1) is 6.54 Å². The Morgan fingerprint density at radius 1 is 0.974 bits per heavy atom. The maximum absolute atomic E-state index is 14.6. The molecule has 214 valence electrons. The van der Waals surface area contributed by atoms with Crippen LogP contribution in [0.15, 0.2) is 11.6 Å². The molecule has 0 aliphatic heterocycles. The number of fused-ring (bicyclic) bond motifs is 7. The number of tetrazole rings is 1. The number of rotatable bonds is 3. The predicted molar refractivity (Wildman–Crippen MR) is 147 cm³/mol. The van der Waals surface area contributed by atoms with Crippen molar-refractivity contribution in [2.45, 2.75) is 118 Å². The summed E-state index contributed by atoms with van der Waals surface area (Å²) in [5.74, 6) is 1.65. The van der Waals surface area contributed by atoms with Crippen LogP contribution in [0.1, 0.15) is 112 Å². The fourth-order valence-electron chi connectivity index (χ4n) is 10.8. The van der Waals surface area contributed by atoms with E-state index in [4.69, 9.17) is 5.10 Å². The van der Waals surface area contributed by atoms with Gasteiger partial charge in [-0.05, 0) is 96.2 Å². The van der Waals surface area contributed by atoms with Crippen molar-refractivity contribution in [3.05, 3.63) is 17.5 Å². The smallest absolute Gasteiger partial charge is 0.181 e. The number of hydrogen-bond acceptors (Lipinski definition) is 5. The van der Waals surface area contributed by atoms with E-state index in [-0.39, 0.29) is 62.6 Å². The molecule has 6 nitrogen and oxygen atoms in total. The number of alkyl halides is 1. The highest BCUT2D eigenvalue weighted by molar-refractivity contribution is 5.96. The molecule has 0 unspecified atom stereocenters. The molecule has 0 bridgehead atoms. The number of carbonyl (C=O) groups is 2. The molecule has 1 heterocycles. The Morgan fingerprint density at radius 2 is 1.69 bits per heavy atom. The van der Waals surface area contributed by atoms with Crippen molar-refractivity contribution >= 4 is 11.6 Å². The summed E-state index contributed by atoms with van der Waals surface area (Å²) in [5, 5.41) is 13.4. The standard InChI is InChI=1S/C32H47FN4O2/c1-27(2)12-14-32(26-34-36-37(35-26)17-16-33)15-13-31(7)25(20(32)19-27)21(38)18-23-29(5)10-9-24(39)28(3,4)22(29)8-11-30(23,31)6/h18,20,22,25H,8-17,19H2,1-7H3/t20-,22-,25-,29-,30+,31+,32-/m0/s1. The Bertz CT molecular complexity index is 1250. The maximum atomic E-state index is 14.6. The van der Waals surface area contributed by atoms with E-state index >= 15 is 0 Å². The summed E-state index contributed by atoms with van der Waals surface area (Å²) in [6.07, 6.45) is 10.4. The second kappa shape index (κ2) is 8.31. The van der Waals surface area contributed by atoms with Crippen molar-refractivity contribution in [1.82, 2.24) is 20.2 Å². The first-order chi connectivity index (χ1) is 18.1. The number of halogens is 1. The van der Waals surface area contributed by atoms with Crippen LogP contribution in [-0.2, 0) is 21.5 Å². The van der Waals surface area contributed by atoms with Gasteiger partial charge in [0.1, 0.15) is 12.5 Å². The van der Waals surface area contributed by atoms with Crippen LogP contribution in [0.4, 0.5) is 4.39 Å². The second-order valence-corrected chi connectivity index (χ2v) is 15.9. The highest BCUT2D eigenvalue weighted by atomic mass is 19.1. The van der Waals surface area contributed by atoms with Crippen LogP contribution >= 0.6 is 0 Å². The lowest BCUT2D eigenvalue weighted by molar-refractivity contribution is -0.165. The summed E-state index contributed by atoms with van der Waals surface area (Å²) in [6, 6.07) is 0. The lowest BCUT2D eigenvalue weighted by Crippen LogP contribution is -2.66. The fourth-order valence-corrected chi connectivity index (χ4v) is 10.8. The zero-order valence-electron chi connectivity index (χ0n) is 25.1. The van der Waals surface area contributed by atoms with Crippen molar-refractivity contribution < 1.29 is 14.0 Å². The number of aryl methyl sites for hydroxylation is 1. The summed E-state index contributed by atoms with van der Waals surface area (Å²) in [5.41, 5.74) is 0.387. The molecular formula is C32H47FN4O2. The van der Waals surface area contributed by atoms with Gasteiger partial charge in [-0.1, -0.05) is 54.0 Å². The van der Waals surface area contributed by atoms with E-state index in [1.54, 1.807) is 0 Å². The third-order valence-corrected chi connectivity index (χ3v) is 13.3. The van der Waals surface area contributed by atoms with Crippen LogP contribution in [-0.4, -0.2) is 38.4 Å². The van der Waals surface area contributed by atoms with Crippen LogP contribution < -0.4 is 0 Å². The van der Waals surface area contributed by atoms with Crippen molar-refractivity contribution in [3.8, 4) is 0 Å². The number of Topliss-reactive ketones (excluding diaryl/α,β-unsaturated/α-hetero) is 1. The molecule has 6 rings (SSSR count). The summed E-state index contributed by atoms with van der Waals surface area (Å²) in [4.78, 5) is 29.0. The lowest BCUT2D eigenvalue weighted by atomic mass is 9.34. The molecule has 0 radical (unpaired) electrons. The first-order valence-electron chi connectivity index (χ1n) is 15.3. The molecule has 5 aliphatic rings. The zero-order valence-corrected chi connectivity index (χ0v) is 25.1. The van der Waals surface area contributed by atoms with Gasteiger partial charge in [-0.2, -0.15) is 4.80 Å². The molecule has 0 aromatic carbocycles. The molecule has 1 aromatic rings. The largest absolute Gasteiger partial charge is 0.299 e. The molecule has 0 saturated heterocycles. The number of ketones is 2. The van der Waals surface area contributed by atoms with Crippen LogP contribution in [0.3, 0.4) is 0 Å². The van der Waals surface area contributed by atoms with Gasteiger partial charge in [0, 0.05) is 23.2 Å². The van der Waals surface area contributed by atoms with Crippen molar-refractivity contribution in [2.24, 2.45) is 44.8 Å². The van der Waals surface area contributed by atoms with Crippen molar-refractivity contribution in [2.75, 3.05) is 6.67 Å². The third-order valence-electron chi connectivity index (χ3n) is 13.3. The number of carbonyl (C=O) groups excluding carboxylic acids is 2. The second-order valence-electron chi connectivity index (χ2n) is 15.9. The first kappa shape index (κ1) is 27.3. The normalized spacial score (nSPS) is 44.5. The average molecular weight is 539 g/mol. The van der Waals surface area contributed by atoms with Gasteiger partial charge < -0.3 is 0 Å². The van der Waals surface area contributed by atoms with E-state index in [9.17, 15) is 14.0 Å². The van der Waals surface area contributed by atoms with Gasteiger partial charge in [-0.15, -0.1) is 10.2 Å². The quantitative estimate of drug-likeness (QED) is 0.442. The minimum atomic E-state index is -0.521. The highest BCUT2D eigenvalue weighted by Gasteiger charge is 2.70. The lowest BCUT2D eigenvalue weighted by Gasteiger charge is -2.69. The number of hydrogen-bond donors (Lipinski definition) is 0. The highest BCUT2D eigenvalue weighted by Crippen LogP contribution is 2.74. The summed E-state index contributed by atoms with van der Waals surface area (Å²) >= 11 is 0. The molecule has 5 aliphatic carbocycles. The Balaban J connectivity index is 1.48. The number of allylic oxidation sites excluding steroid dienone is 2. The van der Waals surface area contributed by atoms with Gasteiger partial charge in [0.2, 0.25) is 0 Å². The predicted octanol–water partition coefficient (Wildman–Crippen LogP) is 6.44. The van der Waals surface area contributed by atoms with E-state index in [1.807, 2.05) is 0 Å². The molecule has 0 spiro atoms. The third kappa shape index (κ3) is 3.46. The maximum Gasteiger partial charge on any atom is 0.181 e. The molecule has 4 fully saturated rings. The molecule has 4 saturated carbocycles. The van der Waals surface area contributed by atoms with Gasteiger partial charge >= 0.3 is 0 Å². The van der Waals surface area contributed by atoms with E-state index in [0.29, 0.717) is 12.2 Å². The molecule has 0 N–H and O–H groups in total. The Morgan fingerprint density at radius 3 is 2.41 bits per heavy atom. The van der Waals surface area contributed by atoms with Crippen molar-refractivity contribution in [3.63, 3.8) is 0 Å². The van der Waals surface area contributed by atoms with Gasteiger partial charge in [-0.25, -0.2) is 4.39 Å². The van der Waals surface area contributed by atoms with E-state index in [1.165, 1.54) is 10.4 Å². The minimum absolute atomic E-state index is 0.0969. The monoisotopic (exact) mass is 538 g/mol. The first-order valence-corrected chi connectivity index (χ1v) is 15.3. The molecule has 39 heavy (non-hydrogen) atoms. The van der Waals surface area contributed by atoms with Crippen molar-refractivity contribution in [1.29, 1.82) is 0 Å². The minimum Gasteiger partial charge on any atom is -0.299 e. The molecular weight excluding hydrogens is 491 g/mol.